The van der Waals surface area contributed by atoms with Gasteiger partial charge in [0.15, 0.2) is 11.1 Å². The normalized spacial score (nSPS) is 17.6. The van der Waals surface area contributed by atoms with Gasteiger partial charge >= 0.3 is 0 Å². The molecule has 1 aromatic heterocycles. The average molecular weight is 397 g/mol. The zero-order valence-corrected chi connectivity index (χ0v) is 16.6. The molecule has 2 aromatic carbocycles. The molecule has 2 atom stereocenters. The first kappa shape index (κ1) is 18.9. The number of rotatable bonds is 4. The van der Waals surface area contributed by atoms with E-state index in [0.29, 0.717) is 10.8 Å². The third-order valence-electron chi connectivity index (χ3n) is 5.76. The first-order valence-electron chi connectivity index (χ1n) is 9.60. The van der Waals surface area contributed by atoms with E-state index < -0.39 is 11.1 Å². The van der Waals surface area contributed by atoms with Gasteiger partial charge in [-0.1, -0.05) is 30.3 Å². The molecular formula is C22H24N2O3S. The van der Waals surface area contributed by atoms with Gasteiger partial charge in [0.1, 0.15) is 6.04 Å². The first-order valence-corrected chi connectivity index (χ1v) is 10.7. The number of carbonyl (C=O) groups is 1. The van der Waals surface area contributed by atoms with Crippen LogP contribution in [0.4, 0.5) is 0 Å². The van der Waals surface area contributed by atoms with Crippen LogP contribution in [0.1, 0.15) is 37.3 Å². The highest BCUT2D eigenvalue weighted by Crippen LogP contribution is 2.30. The summed E-state index contributed by atoms with van der Waals surface area (Å²) in [5.74, 6) is 0.541. The Labute approximate surface area is 167 Å². The Morgan fingerprint density at radius 2 is 1.75 bits per heavy atom. The zero-order chi connectivity index (χ0) is 19.7. The summed E-state index contributed by atoms with van der Waals surface area (Å²) in [6.07, 6.45) is 3.81. The zero-order valence-electron chi connectivity index (χ0n) is 15.8. The Kier molecular flexibility index (Phi) is 5.33. The van der Waals surface area contributed by atoms with Crippen LogP contribution in [0.3, 0.4) is 0 Å². The fraction of sp³-hybridized carbons (Fsp3) is 0.318. The van der Waals surface area contributed by atoms with E-state index in [9.17, 15) is 9.00 Å². The largest absolute Gasteiger partial charge is 0.341 e. The quantitative estimate of drug-likeness (QED) is 0.673. The summed E-state index contributed by atoms with van der Waals surface area (Å²) in [7, 11) is 0. The number of fused-ring (bicyclic) bond motifs is 1. The molecule has 0 spiro atoms. The monoisotopic (exact) mass is 396 g/mol. The van der Waals surface area contributed by atoms with Crippen LogP contribution in [0, 0.1) is 0 Å². The number of likely N-dealkylation sites (tertiary alicyclic amines) is 1. The first-order chi connectivity index (χ1) is 13.5. The van der Waals surface area contributed by atoms with Crippen LogP contribution in [-0.2, 0) is 15.9 Å². The summed E-state index contributed by atoms with van der Waals surface area (Å²) in [4.78, 5) is 15.4. The summed E-state index contributed by atoms with van der Waals surface area (Å²) in [6.45, 7) is 3.44. The van der Waals surface area contributed by atoms with Crippen molar-refractivity contribution >= 4 is 27.9 Å². The summed E-state index contributed by atoms with van der Waals surface area (Å²) in [5, 5.41) is 1.15. The highest BCUT2D eigenvalue weighted by molar-refractivity contribution is 7.79. The summed E-state index contributed by atoms with van der Waals surface area (Å²) in [6, 6.07) is 17.2. The van der Waals surface area contributed by atoms with E-state index in [-0.39, 0.29) is 11.9 Å². The van der Waals surface area contributed by atoms with Gasteiger partial charge in [-0.2, -0.15) is 0 Å². The standard InChI is InChI=1S/C22H24N2O3S/c1-16(24-15-12-19-4-2-3-5-21(19)24)22(25)23-13-10-18(11-14-23)17-6-8-20(9-7-17)28(26)27/h2-9,12,15-16,18H,10-11,13-14H2,1H3,(H,26,27)/t16-/m0/s1. The molecule has 1 unspecified atom stereocenters. The Bertz CT molecular complexity index is 1000. The molecule has 0 saturated carbocycles. The number of hydrogen-bond donors (Lipinski definition) is 1. The molecule has 4 rings (SSSR count). The molecule has 1 fully saturated rings. The third kappa shape index (κ3) is 3.62. The molecular weight excluding hydrogens is 372 g/mol. The number of amides is 1. The van der Waals surface area contributed by atoms with E-state index >= 15 is 0 Å². The van der Waals surface area contributed by atoms with Crippen LogP contribution >= 0.6 is 0 Å². The fourth-order valence-electron chi connectivity index (χ4n) is 4.12. The van der Waals surface area contributed by atoms with Gasteiger partial charge in [-0.05, 0) is 60.9 Å². The molecule has 1 N–H and O–H groups in total. The van der Waals surface area contributed by atoms with Crippen LogP contribution in [0.2, 0.25) is 0 Å². The second kappa shape index (κ2) is 7.89. The van der Waals surface area contributed by atoms with Gasteiger partial charge in [-0.15, -0.1) is 0 Å². The molecule has 28 heavy (non-hydrogen) atoms. The molecule has 1 saturated heterocycles. The van der Waals surface area contributed by atoms with E-state index in [2.05, 4.69) is 22.8 Å². The van der Waals surface area contributed by atoms with Crippen LogP contribution < -0.4 is 0 Å². The number of hydrogen-bond acceptors (Lipinski definition) is 2. The minimum Gasteiger partial charge on any atom is -0.341 e. The van der Waals surface area contributed by atoms with Crippen molar-refractivity contribution in [3.8, 4) is 0 Å². The lowest BCUT2D eigenvalue weighted by molar-refractivity contribution is -0.135. The van der Waals surface area contributed by atoms with Crippen molar-refractivity contribution in [2.75, 3.05) is 13.1 Å². The molecule has 1 amide bonds. The molecule has 1 aliphatic heterocycles. The van der Waals surface area contributed by atoms with E-state index in [1.165, 1.54) is 5.56 Å². The van der Waals surface area contributed by atoms with E-state index in [0.717, 1.165) is 36.8 Å². The minimum atomic E-state index is -1.94. The van der Waals surface area contributed by atoms with E-state index in [1.54, 1.807) is 12.1 Å². The van der Waals surface area contributed by atoms with Gasteiger partial charge in [0.25, 0.3) is 0 Å². The highest BCUT2D eigenvalue weighted by atomic mass is 32.2. The molecule has 146 valence electrons. The summed E-state index contributed by atoms with van der Waals surface area (Å²) < 4.78 is 22.3. The van der Waals surface area contributed by atoms with Crippen molar-refractivity contribution in [1.29, 1.82) is 0 Å². The van der Waals surface area contributed by atoms with Crippen LogP contribution in [0.5, 0.6) is 0 Å². The molecule has 3 aromatic rings. The van der Waals surface area contributed by atoms with E-state index in [1.807, 2.05) is 42.3 Å². The molecule has 0 aliphatic carbocycles. The number of benzene rings is 2. The predicted octanol–water partition coefficient (Wildman–Crippen LogP) is 4.19. The van der Waals surface area contributed by atoms with Gasteiger partial charge in [-0.3, -0.25) is 4.79 Å². The molecule has 0 bridgehead atoms. The maximum atomic E-state index is 13.0. The van der Waals surface area contributed by atoms with Crippen LogP contribution in [0.25, 0.3) is 10.9 Å². The molecule has 5 nitrogen and oxygen atoms in total. The lowest BCUT2D eigenvalue weighted by atomic mass is 9.89. The van der Waals surface area contributed by atoms with Crippen molar-refractivity contribution < 1.29 is 13.6 Å². The lowest BCUT2D eigenvalue weighted by Crippen LogP contribution is -2.41. The van der Waals surface area contributed by atoms with Crippen LogP contribution in [-0.4, -0.2) is 37.2 Å². The van der Waals surface area contributed by atoms with Crippen molar-refractivity contribution in [1.82, 2.24) is 9.47 Å². The van der Waals surface area contributed by atoms with Crippen molar-refractivity contribution in [2.24, 2.45) is 0 Å². The van der Waals surface area contributed by atoms with E-state index in [4.69, 9.17) is 4.55 Å². The predicted molar refractivity (Wildman–Crippen MR) is 111 cm³/mol. The van der Waals surface area contributed by atoms with Crippen molar-refractivity contribution in [2.45, 2.75) is 36.6 Å². The number of nitrogens with zero attached hydrogens (tertiary/aromatic N) is 2. The molecule has 2 heterocycles. The van der Waals surface area contributed by atoms with Crippen molar-refractivity contribution in [3.63, 3.8) is 0 Å². The Morgan fingerprint density at radius 3 is 2.43 bits per heavy atom. The number of piperidine rings is 1. The number of aromatic nitrogens is 1. The maximum Gasteiger partial charge on any atom is 0.245 e. The molecule has 6 heteroatoms. The number of para-hydroxylation sites is 1. The Hall–Kier alpha value is -2.44. The maximum absolute atomic E-state index is 13.0. The summed E-state index contributed by atoms with van der Waals surface area (Å²) in [5.41, 5.74) is 2.25. The van der Waals surface area contributed by atoms with Crippen molar-refractivity contribution in [3.05, 3.63) is 66.4 Å². The van der Waals surface area contributed by atoms with Gasteiger partial charge in [0.05, 0.1) is 4.90 Å². The Balaban J connectivity index is 1.41. The van der Waals surface area contributed by atoms with Crippen LogP contribution in [0.15, 0.2) is 65.7 Å². The van der Waals surface area contributed by atoms with Gasteiger partial charge < -0.3 is 14.0 Å². The minimum absolute atomic E-state index is 0.158. The Morgan fingerprint density at radius 1 is 1.07 bits per heavy atom. The third-order valence-corrected chi connectivity index (χ3v) is 6.44. The smallest absolute Gasteiger partial charge is 0.245 e. The molecule has 0 radical (unpaired) electrons. The topological polar surface area (TPSA) is 62.5 Å². The highest BCUT2D eigenvalue weighted by Gasteiger charge is 2.27. The van der Waals surface area contributed by atoms with Gasteiger partial charge in [0.2, 0.25) is 5.91 Å². The second-order valence-electron chi connectivity index (χ2n) is 7.38. The fourth-order valence-corrected chi connectivity index (χ4v) is 4.48. The average Bonchev–Trinajstić information content (AvgIpc) is 3.17. The summed E-state index contributed by atoms with van der Waals surface area (Å²) >= 11 is -1.94. The number of carbonyl (C=O) groups excluding carboxylic acids is 1. The second-order valence-corrected chi connectivity index (χ2v) is 8.35. The SMILES string of the molecule is C[C@@H](C(=O)N1CCC(c2ccc(S(=O)O)cc2)CC1)n1ccc2ccccc21. The van der Waals surface area contributed by atoms with Gasteiger partial charge in [-0.25, -0.2) is 4.21 Å². The van der Waals surface area contributed by atoms with Gasteiger partial charge in [0, 0.05) is 24.8 Å². The lowest BCUT2D eigenvalue weighted by Gasteiger charge is -2.34. The molecule has 1 aliphatic rings.